The van der Waals surface area contributed by atoms with Crippen LogP contribution in [-0.2, 0) is 22.6 Å². The predicted molar refractivity (Wildman–Crippen MR) is 138 cm³/mol. The van der Waals surface area contributed by atoms with Gasteiger partial charge in [0.25, 0.3) is 0 Å². The van der Waals surface area contributed by atoms with Crippen molar-refractivity contribution in [1.29, 1.82) is 0 Å². The zero-order valence-corrected chi connectivity index (χ0v) is 21.9. The molecule has 0 spiro atoms. The van der Waals surface area contributed by atoms with E-state index >= 15 is 0 Å². The van der Waals surface area contributed by atoms with Crippen LogP contribution in [-0.4, -0.2) is 61.9 Å². The zero-order valence-electron chi connectivity index (χ0n) is 19.6. The van der Waals surface area contributed by atoms with Crippen LogP contribution in [0.25, 0.3) is 0 Å². The number of hydrogen-bond acceptors (Lipinski definition) is 4. The first-order valence-electron chi connectivity index (χ1n) is 11.6. The van der Waals surface area contributed by atoms with Crippen LogP contribution >= 0.6 is 24.0 Å². The average molecular weight is 545 g/mol. The van der Waals surface area contributed by atoms with E-state index in [9.17, 15) is 0 Å². The van der Waals surface area contributed by atoms with E-state index in [4.69, 9.17) is 14.5 Å². The maximum atomic E-state index is 6.02. The summed E-state index contributed by atoms with van der Waals surface area (Å²) >= 11 is 0. The fourth-order valence-corrected chi connectivity index (χ4v) is 4.08. The van der Waals surface area contributed by atoms with E-state index in [2.05, 4.69) is 67.5 Å². The Labute approximate surface area is 205 Å². The molecule has 2 atom stereocenters. The minimum atomic E-state index is 0. The molecule has 0 radical (unpaired) electrons. The topological polar surface area (TPSA) is 58.1 Å². The summed E-state index contributed by atoms with van der Waals surface area (Å²) in [7, 11) is 0. The van der Waals surface area contributed by atoms with Crippen LogP contribution in [0.4, 0.5) is 0 Å². The molecular weight excluding hydrogens is 503 g/mol. The van der Waals surface area contributed by atoms with Crippen LogP contribution in [0.5, 0.6) is 0 Å². The second-order valence-electron chi connectivity index (χ2n) is 8.91. The molecule has 0 saturated carbocycles. The molecule has 1 aromatic carbocycles. The smallest absolute Gasteiger partial charge is 0.191 e. The fourth-order valence-electron chi connectivity index (χ4n) is 4.08. The summed E-state index contributed by atoms with van der Waals surface area (Å²) in [6.45, 7) is 15.0. The maximum absolute atomic E-state index is 6.02. The third-order valence-corrected chi connectivity index (χ3v) is 6.13. The first kappa shape index (κ1) is 26.4. The lowest BCUT2D eigenvalue weighted by Gasteiger charge is -2.22. The summed E-state index contributed by atoms with van der Waals surface area (Å²) in [5.74, 6) is 1.53. The van der Waals surface area contributed by atoms with E-state index in [1.807, 2.05) is 0 Å². The van der Waals surface area contributed by atoms with Gasteiger partial charge in [-0.25, -0.2) is 4.99 Å². The van der Waals surface area contributed by atoms with E-state index in [1.165, 1.54) is 11.1 Å². The molecule has 2 heterocycles. The number of rotatable bonds is 8. The number of hydrogen-bond donors (Lipinski definition) is 2. The summed E-state index contributed by atoms with van der Waals surface area (Å²) in [6, 6.07) is 9.67. The molecule has 2 aliphatic heterocycles. The van der Waals surface area contributed by atoms with Crippen molar-refractivity contribution in [2.75, 3.05) is 32.8 Å². The summed E-state index contributed by atoms with van der Waals surface area (Å²) in [5, 5.41) is 7.06. The number of aliphatic imine (C=N–C) groups is 1. The summed E-state index contributed by atoms with van der Waals surface area (Å²) in [4.78, 5) is 7.37. The molecule has 6 nitrogen and oxygen atoms in total. The number of ether oxygens (including phenoxy) is 2. The molecule has 31 heavy (non-hydrogen) atoms. The third-order valence-electron chi connectivity index (χ3n) is 6.13. The van der Waals surface area contributed by atoms with Crippen molar-refractivity contribution >= 4 is 29.9 Å². The van der Waals surface area contributed by atoms with Gasteiger partial charge in [0, 0.05) is 44.9 Å². The monoisotopic (exact) mass is 544 g/mol. The maximum Gasteiger partial charge on any atom is 0.191 e. The van der Waals surface area contributed by atoms with Gasteiger partial charge in [-0.05, 0) is 50.7 Å². The van der Waals surface area contributed by atoms with Gasteiger partial charge in [-0.1, -0.05) is 31.2 Å². The van der Waals surface area contributed by atoms with Gasteiger partial charge in [0.15, 0.2) is 5.96 Å². The Kier molecular flexibility index (Phi) is 11.6. The lowest BCUT2D eigenvalue weighted by Crippen LogP contribution is -2.46. The molecule has 0 aliphatic carbocycles. The molecule has 2 aliphatic rings. The van der Waals surface area contributed by atoms with Crippen LogP contribution in [0.3, 0.4) is 0 Å². The number of halogens is 1. The summed E-state index contributed by atoms with van der Waals surface area (Å²) < 4.78 is 11.4. The van der Waals surface area contributed by atoms with Gasteiger partial charge in [-0.2, -0.15) is 0 Å². The van der Waals surface area contributed by atoms with Gasteiger partial charge in [0.05, 0.1) is 19.3 Å². The predicted octanol–water partition coefficient (Wildman–Crippen LogP) is 3.78. The number of nitrogens with one attached hydrogen (secondary N) is 2. The fraction of sp³-hybridized carbons (Fsp3) is 0.708. The van der Waals surface area contributed by atoms with Crippen molar-refractivity contribution < 1.29 is 9.47 Å². The molecule has 7 heteroatoms. The molecule has 0 bridgehead atoms. The number of benzene rings is 1. The largest absolute Gasteiger partial charge is 0.381 e. The van der Waals surface area contributed by atoms with Crippen molar-refractivity contribution in [2.45, 2.75) is 71.9 Å². The second kappa shape index (κ2) is 13.6. The van der Waals surface area contributed by atoms with Gasteiger partial charge in [-0.3, -0.25) is 4.90 Å². The number of guanidine groups is 1. The van der Waals surface area contributed by atoms with Crippen LogP contribution in [0.15, 0.2) is 29.3 Å². The Bertz CT molecular complexity index is 662. The van der Waals surface area contributed by atoms with Gasteiger partial charge in [0.2, 0.25) is 0 Å². The molecule has 2 N–H and O–H groups in total. The van der Waals surface area contributed by atoms with Gasteiger partial charge >= 0.3 is 0 Å². The molecule has 2 saturated heterocycles. The van der Waals surface area contributed by atoms with E-state index in [0.717, 1.165) is 51.6 Å². The van der Waals surface area contributed by atoms with E-state index in [0.29, 0.717) is 37.3 Å². The average Bonchev–Trinajstić information content (AvgIpc) is 3.13. The third kappa shape index (κ3) is 8.51. The van der Waals surface area contributed by atoms with Crippen molar-refractivity contribution in [3.8, 4) is 0 Å². The quantitative estimate of drug-likeness (QED) is 0.297. The van der Waals surface area contributed by atoms with Gasteiger partial charge in [-0.15, -0.1) is 24.0 Å². The Morgan fingerprint density at radius 1 is 1.16 bits per heavy atom. The highest BCUT2D eigenvalue weighted by Gasteiger charge is 2.31. The Morgan fingerprint density at radius 3 is 2.45 bits per heavy atom. The Morgan fingerprint density at radius 2 is 1.84 bits per heavy atom. The van der Waals surface area contributed by atoms with Crippen LogP contribution < -0.4 is 10.6 Å². The SMILES string of the molecule is CCNC(=NCc1ccc(COC2CCOCC2)cc1)NC1CN(C(C)C)CC1C.I. The Balaban J connectivity index is 0.00000341. The molecule has 0 aromatic heterocycles. The Hall–Kier alpha value is -0.900. The van der Waals surface area contributed by atoms with Gasteiger partial charge < -0.3 is 20.1 Å². The normalized spacial score (nSPS) is 23.1. The molecule has 0 amide bonds. The standard InChI is InChI=1S/C24H40N4O2.HI/c1-5-25-24(27-23-16-28(18(2)3)15-19(23)4)26-14-20-6-8-21(9-7-20)17-30-22-10-12-29-13-11-22;/h6-9,18-19,22-23H,5,10-17H2,1-4H3,(H2,25,26,27);1H. The first-order chi connectivity index (χ1) is 14.5. The summed E-state index contributed by atoms with van der Waals surface area (Å²) in [6.07, 6.45) is 2.34. The molecular formula is C24H41IN4O2. The minimum absolute atomic E-state index is 0. The lowest BCUT2D eigenvalue weighted by atomic mass is 10.1. The van der Waals surface area contributed by atoms with Crippen molar-refractivity contribution in [3.05, 3.63) is 35.4 Å². The van der Waals surface area contributed by atoms with Gasteiger partial charge in [0.1, 0.15) is 0 Å². The molecule has 176 valence electrons. The minimum Gasteiger partial charge on any atom is -0.381 e. The first-order valence-corrected chi connectivity index (χ1v) is 11.6. The highest BCUT2D eigenvalue weighted by atomic mass is 127. The zero-order chi connectivity index (χ0) is 21.3. The van der Waals surface area contributed by atoms with Crippen molar-refractivity contribution in [3.63, 3.8) is 0 Å². The number of nitrogens with zero attached hydrogens (tertiary/aromatic N) is 2. The lowest BCUT2D eigenvalue weighted by molar-refractivity contribution is -0.0390. The summed E-state index contributed by atoms with van der Waals surface area (Å²) in [5.41, 5.74) is 2.43. The second-order valence-corrected chi connectivity index (χ2v) is 8.91. The van der Waals surface area contributed by atoms with Crippen LogP contribution in [0.2, 0.25) is 0 Å². The highest BCUT2D eigenvalue weighted by molar-refractivity contribution is 14.0. The number of likely N-dealkylation sites (tertiary alicyclic amines) is 1. The molecule has 2 unspecified atom stereocenters. The molecule has 3 rings (SSSR count). The molecule has 2 fully saturated rings. The van der Waals surface area contributed by atoms with E-state index in [1.54, 1.807) is 0 Å². The van der Waals surface area contributed by atoms with Crippen molar-refractivity contribution in [1.82, 2.24) is 15.5 Å². The highest BCUT2D eigenvalue weighted by Crippen LogP contribution is 2.19. The van der Waals surface area contributed by atoms with Crippen LogP contribution in [0, 0.1) is 5.92 Å². The van der Waals surface area contributed by atoms with Crippen molar-refractivity contribution in [2.24, 2.45) is 10.9 Å². The van der Waals surface area contributed by atoms with E-state index < -0.39 is 0 Å². The molecule has 1 aromatic rings. The van der Waals surface area contributed by atoms with Crippen LogP contribution in [0.1, 0.15) is 51.7 Å². The van der Waals surface area contributed by atoms with E-state index in [-0.39, 0.29) is 24.0 Å².